The molecule has 0 spiro atoms. The predicted octanol–water partition coefficient (Wildman–Crippen LogP) is 3.83. The minimum Gasteiger partial charge on any atom is -0.423 e. The van der Waals surface area contributed by atoms with Gasteiger partial charge in [-0.3, -0.25) is 14.5 Å². The Kier molecular flexibility index (Phi) is 3.95. The molecule has 1 saturated carbocycles. The average Bonchev–Trinajstić information content (AvgIpc) is 3.35. The van der Waals surface area contributed by atoms with Crippen molar-refractivity contribution in [2.24, 2.45) is 23.7 Å². The quantitative estimate of drug-likeness (QED) is 0.347. The fourth-order valence-corrected chi connectivity index (χ4v) is 5.06. The van der Waals surface area contributed by atoms with Crippen molar-refractivity contribution in [3.05, 3.63) is 71.3 Å². The molecule has 2 aliphatic carbocycles. The molecular formula is C24H21NO4. The number of nitrogens with zero attached hydrogens (tertiary/aromatic N) is 1. The summed E-state index contributed by atoms with van der Waals surface area (Å²) >= 11 is 0. The van der Waals surface area contributed by atoms with E-state index in [9.17, 15) is 14.4 Å². The van der Waals surface area contributed by atoms with Gasteiger partial charge < -0.3 is 4.74 Å². The number of fused-ring (bicyclic) bond motifs is 5. The fourth-order valence-electron chi connectivity index (χ4n) is 5.06. The third kappa shape index (κ3) is 2.80. The second-order valence-corrected chi connectivity index (χ2v) is 8.27. The van der Waals surface area contributed by atoms with Crippen molar-refractivity contribution in [2.75, 3.05) is 4.90 Å². The average molecular weight is 387 g/mol. The minimum atomic E-state index is -0.472. The van der Waals surface area contributed by atoms with Crippen molar-refractivity contribution in [3.63, 3.8) is 0 Å². The van der Waals surface area contributed by atoms with Gasteiger partial charge in [0.15, 0.2) is 0 Å². The molecule has 0 radical (unpaired) electrons. The molecule has 1 saturated heterocycles. The number of hydrogen-bond donors (Lipinski definition) is 0. The lowest BCUT2D eigenvalue weighted by molar-refractivity contribution is -0.123. The minimum absolute atomic E-state index is 0.123. The molecule has 5 nitrogen and oxygen atoms in total. The van der Waals surface area contributed by atoms with Crippen LogP contribution in [-0.2, 0) is 9.59 Å². The van der Waals surface area contributed by atoms with Crippen LogP contribution in [0.5, 0.6) is 5.75 Å². The van der Waals surface area contributed by atoms with Crippen LogP contribution in [0, 0.1) is 37.5 Å². The highest BCUT2D eigenvalue weighted by molar-refractivity contribution is 6.22. The number of rotatable bonds is 3. The van der Waals surface area contributed by atoms with E-state index in [1.807, 2.05) is 32.0 Å². The Bertz CT molecular complexity index is 1020. The fraction of sp³-hybridized carbons (Fsp3) is 0.292. The van der Waals surface area contributed by atoms with E-state index >= 15 is 0 Å². The van der Waals surface area contributed by atoms with Crippen LogP contribution >= 0.6 is 0 Å². The summed E-state index contributed by atoms with van der Waals surface area (Å²) in [7, 11) is 0. The van der Waals surface area contributed by atoms with Crippen molar-refractivity contribution in [2.45, 2.75) is 20.3 Å². The summed E-state index contributed by atoms with van der Waals surface area (Å²) in [5.74, 6) is -0.322. The number of anilines is 1. The number of hydrogen-bond acceptors (Lipinski definition) is 4. The first-order valence-corrected chi connectivity index (χ1v) is 9.89. The summed E-state index contributed by atoms with van der Waals surface area (Å²) in [5.41, 5.74) is 2.91. The largest absolute Gasteiger partial charge is 0.423 e. The highest BCUT2D eigenvalue weighted by atomic mass is 16.5. The van der Waals surface area contributed by atoms with Gasteiger partial charge in [0.05, 0.1) is 23.1 Å². The van der Waals surface area contributed by atoms with Crippen molar-refractivity contribution >= 4 is 23.5 Å². The van der Waals surface area contributed by atoms with Crippen molar-refractivity contribution in [3.8, 4) is 5.75 Å². The Morgan fingerprint density at radius 2 is 1.45 bits per heavy atom. The van der Waals surface area contributed by atoms with Crippen LogP contribution in [0.3, 0.4) is 0 Å². The number of carbonyl (C=O) groups is 3. The standard InChI is InChI=1S/C24H21NO4/c1-13-9-14(2)11-19(10-13)29-24(28)15-5-7-18(8-6-15)25-22(26)20-16-3-4-17(12-16)21(20)23(25)27/h3-11,16-17,20-21H,12H2,1-2H3. The maximum absolute atomic E-state index is 12.9. The normalized spacial score (nSPS) is 26.9. The van der Waals surface area contributed by atoms with Gasteiger partial charge in [-0.1, -0.05) is 18.2 Å². The van der Waals surface area contributed by atoms with Crippen molar-refractivity contribution in [1.82, 2.24) is 0 Å². The summed E-state index contributed by atoms with van der Waals surface area (Å²) < 4.78 is 5.47. The van der Waals surface area contributed by atoms with E-state index in [1.54, 1.807) is 24.3 Å². The van der Waals surface area contributed by atoms with Crippen LogP contribution in [0.4, 0.5) is 5.69 Å². The Morgan fingerprint density at radius 3 is 2.00 bits per heavy atom. The molecule has 2 bridgehead atoms. The number of imide groups is 1. The number of esters is 1. The molecule has 3 aliphatic rings. The van der Waals surface area contributed by atoms with Crippen molar-refractivity contribution < 1.29 is 19.1 Å². The van der Waals surface area contributed by atoms with Crippen LogP contribution in [0.15, 0.2) is 54.6 Å². The molecule has 1 heterocycles. The maximum atomic E-state index is 12.9. The van der Waals surface area contributed by atoms with Crippen LogP contribution in [0.1, 0.15) is 27.9 Å². The van der Waals surface area contributed by atoms with E-state index in [0.29, 0.717) is 17.0 Å². The Morgan fingerprint density at radius 1 is 0.897 bits per heavy atom. The molecule has 4 unspecified atom stereocenters. The van der Waals surface area contributed by atoms with Crippen molar-refractivity contribution in [1.29, 1.82) is 0 Å². The predicted molar refractivity (Wildman–Crippen MR) is 108 cm³/mol. The van der Waals surface area contributed by atoms with E-state index in [2.05, 4.69) is 12.2 Å². The molecule has 2 aromatic rings. The molecule has 2 fully saturated rings. The lowest BCUT2D eigenvalue weighted by atomic mass is 9.85. The van der Waals surface area contributed by atoms with Gasteiger partial charge in [-0.05, 0) is 79.6 Å². The van der Waals surface area contributed by atoms with Crippen LogP contribution in [0.25, 0.3) is 0 Å². The maximum Gasteiger partial charge on any atom is 0.343 e. The molecule has 5 heteroatoms. The number of allylic oxidation sites excluding steroid dienone is 2. The Labute approximate surface area is 169 Å². The lowest BCUT2D eigenvalue weighted by Crippen LogP contribution is -2.32. The van der Waals surface area contributed by atoms with Crippen LogP contribution < -0.4 is 9.64 Å². The Balaban J connectivity index is 1.35. The molecule has 5 rings (SSSR count). The molecule has 1 aliphatic heterocycles. The van der Waals surface area contributed by atoms with Gasteiger partial charge in [0.25, 0.3) is 0 Å². The summed E-state index contributed by atoms with van der Waals surface area (Å²) in [6.45, 7) is 3.89. The zero-order valence-electron chi connectivity index (χ0n) is 16.3. The summed E-state index contributed by atoms with van der Waals surface area (Å²) in [6, 6.07) is 12.1. The zero-order valence-corrected chi connectivity index (χ0v) is 16.3. The first-order valence-electron chi connectivity index (χ1n) is 9.89. The van der Waals surface area contributed by atoms with Gasteiger partial charge in [0.2, 0.25) is 11.8 Å². The third-order valence-electron chi connectivity index (χ3n) is 6.24. The molecule has 0 aromatic heterocycles. The topological polar surface area (TPSA) is 63.7 Å². The highest BCUT2D eigenvalue weighted by Crippen LogP contribution is 2.53. The number of benzene rings is 2. The van der Waals surface area contributed by atoms with Gasteiger partial charge in [-0.15, -0.1) is 0 Å². The molecule has 2 aromatic carbocycles. The second kappa shape index (κ2) is 6.41. The van der Waals surface area contributed by atoms with E-state index in [-0.39, 0.29) is 35.5 Å². The van der Waals surface area contributed by atoms with Crippen LogP contribution in [-0.4, -0.2) is 17.8 Å². The number of amides is 2. The summed E-state index contributed by atoms with van der Waals surface area (Å²) in [6.07, 6.45) is 5.06. The lowest BCUT2D eigenvalue weighted by Gasteiger charge is -2.17. The number of ether oxygens (including phenoxy) is 1. The SMILES string of the molecule is Cc1cc(C)cc(OC(=O)c2ccc(N3C(=O)C4C5C=CC(C5)C4C3=O)cc2)c1. The molecular weight excluding hydrogens is 366 g/mol. The van der Waals surface area contributed by atoms with E-state index < -0.39 is 5.97 Å². The molecule has 146 valence electrons. The summed E-state index contributed by atoms with van der Waals surface area (Å²) in [5, 5.41) is 0. The first kappa shape index (κ1) is 17.9. The zero-order chi connectivity index (χ0) is 20.3. The first-order chi connectivity index (χ1) is 13.9. The Hall–Kier alpha value is -3.21. The third-order valence-corrected chi connectivity index (χ3v) is 6.24. The monoisotopic (exact) mass is 387 g/mol. The van der Waals surface area contributed by atoms with Gasteiger partial charge in [0.1, 0.15) is 5.75 Å². The summed E-state index contributed by atoms with van der Waals surface area (Å²) in [4.78, 5) is 39.5. The molecule has 2 amide bonds. The number of aryl methyl sites for hydroxylation is 2. The van der Waals surface area contributed by atoms with E-state index in [1.165, 1.54) is 4.90 Å². The van der Waals surface area contributed by atoms with Crippen LogP contribution in [0.2, 0.25) is 0 Å². The van der Waals surface area contributed by atoms with Gasteiger partial charge in [-0.2, -0.15) is 0 Å². The van der Waals surface area contributed by atoms with Gasteiger partial charge in [-0.25, -0.2) is 4.79 Å². The number of carbonyl (C=O) groups excluding carboxylic acids is 3. The second-order valence-electron chi connectivity index (χ2n) is 8.27. The molecule has 0 N–H and O–H groups in total. The van der Waals surface area contributed by atoms with Gasteiger partial charge in [0, 0.05) is 0 Å². The molecule has 4 atom stereocenters. The van der Waals surface area contributed by atoms with E-state index in [0.717, 1.165) is 17.5 Å². The van der Waals surface area contributed by atoms with E-state index in [4.69, 9.17) is 4.74 Å². The van der Waals surface area contributed by atoms with Gasteiger partial charge >= 0.3 is 5.97 Å². The highest BCUT2D eigenvalue weighted by Gasteiger charge is 2.59. The smallest absolute Gasteiger partial charge is 0.343 e. The molecule has 29 heavy (non-hydrogen) atoms.